The molecule has 0 aliphatic carbocycles. The van der Waals surface area contributed by atoms with Gasteiger partial charge in [-0.15, -0.1) is 0 Å². The number of carboxylic acid groups (broad SMARTS) is 1. The number of amides is 1. The summed E-state index contributed by atoms with van der Waals surface area (Å²) in [5.41, 5.74) is 1.89. The van der Waals surface area contributed by atoms with Crippen molar-refractivity contribution in [2.75, 3.05) is 0 Å². The van der Waals surface area contributed by atoms with Crippen molar-refractivity contribution in [1.29, 1.82) is 0 Å². The summed E-state index contributed by atoms with van der Waals surface area (Å²) < 4.78 is 0.944. The van der Waals surface area contributed by atoms with Gasteiger partial charge < -0.3 is 10.4 Å². The minimum atomic E-state index is -0.988. The third-order valence-corrected chi connectivity index (χ3v) is 3.93. The Kier molecular flexibility index (Phi) is 6.20. The maximum Gasteiger partial charge on any atom is 0.326 e. The van der Waals surface area contributed by atoms with Gasteiger partial charge >= 0.3 is 5.97 Å². The van der Waals surface area contributed by atoms with Crippen LogP contribution in [-0.2, 0) is 16.0 Å². The van der Waals surface area contributed by atoms with Crippen molar-refractivity contribution >= 4 is 27.8 Å². The quantitative estimate of drug-likeness (QED) is 0.835. The average Bonchev–Trinajstić information content (AvgIpc) is 2.33. The fourth-order valence-corrected chi connectivity index (χ4v) is 2.36. The van der Waals surface area contributed by atoms with Crippen LogP contribution in [-0.4, -0.2) is 23.0 Å². The summed E-state index contributed by atoms with van der Waals surface area (Å²) in [6.07, 6.45) is 0.617. The number of carbonyl (C=O) groups is 2. The van der Waals surface area contributed by atoms with E-state index >= 15 is 0 Å². The number of aliphatic carboxylic acids is 1. The van der Waals surface area contributed by atoms with Crippen molar-refractivity contribution in [3.63, 3.8) is 0 Å². The maximum atomic E-state index is 12.0. The van der Waals surface area contributed by atoms with E-state index in [1.54, 1.807) is 0 Å². The number of nitrogens with one attached hydrogen (secondary N) is 1. The predicted octanol–water partition coefficient (Wildman–Crippen LogP) is 2.92. The van der Waals surface area contributed by atoms with Gasteiger partial charge in [0, 0.05) is 4.47 Å². The van der Waals surface area contributed by atoms with E-state index in [-0.39, 0.29) is 18.2 Å². The topological polar surface area (TPSA) is 66.4 Å². The zero-order valence-electron chi connectivity index (χ0n) is 11.9. The van der Waals surface area contributed by atoms with Gasteiger partial charge in [-0.1, -0.05) is 41.9 Å². The molecule has 1 amide bonds. The predicted molar refractivity (Wildman–Crippen MR) is 81.6 cm³/mol. The lowest BCUT2D eigenvalue weighted by molar-refractivity contribution is -0.142. The standard InChI is InChI=1S/C15H20BrNO3/c1-9(2)7-13(15(19)20)17-14(18)8-11-5-4-6-12(16)10(11)3/h4-6,9,13H,7-8H2,1-3H3,(H,17,18)(H,19,20). The highest BCUT2D eigenvalue weighted by molar-refractivity contribution is 9.10. The van der Waals surface area contributed by atoms with Crippen LogP contribution >= 0.6 is 15.9 Å². The van der Waals surface area contributed by atoms with Gasteiger partial charge in [0.2, 0.25) is 5.91 Å². The Morgan fingerprint density at radius 1 is 1.35 bits per heavy atom. The van der Waals surface area contributed by atoms with E-state index in [9.17, 15) is 9.59 Å². The molecule has 0 spiro atoms. The van der Waals surface area contributed by atoms with E-state index in [1.165, 1.54) is 0 Å². The first-order valence-corrected chi connectivity index (χ1v) is 7.36. The molecule has 0 bridgehead atoms. The monoisotopic (exact) mass is 341 g/mol. The van der Waals surface area contributed by atoms with Gasteiger partial charge in [-0.25, -0.2) is 4.79 Å². The largest absolute Gasteiger partial charge is 0.480 e. The molecule has 1 aromatic carbocycles. The second-order valence-corrected chi connectivity index (χ2v) is 6.14. The van der Waals surface area contributed by atoms with Crippen LogP contribution in [0.3, 0.4) is 0 Å². The van der Waals surface area contributed by atoms with Gasteiger partial charge in [-0.2, -0.15) is 0 Å². The summed E-state index contributed by atoms with van der Waals surface area (Å²) >= 11 is 3.42. The normalized spacial score (nSPS) is 12.2. The average molecular weight is 342 g/mol. The molecule has 0 saturated carbocycles. The second kappa shape index (κ2) is 7.43. The van der Waals surface area contributed by atoms with Crippen LogP contribution in [0.15, 0.2) is 22.7 Å². The van der Waals surface area contributed by atoms with E-state index in [0.29, 0.717) is 6.42 Å². The number of hydrogen-bond acceptors (Lipinski definition) is 2. The minimum absolute atomic E-state index is 0.188. The summed E-state index contributed by atoms with van der Waals surface area (Å²) in [5, 5.41) is 11.7. The number of halogens is 1. The van der Waals surface area contributed by atoms with E-state index in [1.807, 2.05) is 39.0 Å². The highest BCUT2D eigenvalue weighted by Gasteiger charge is 2.21. The molecule has 1 rings (SSSR count). The Morgan fingerprint density at radius 2 is 2.00 bits per heavy atom. The lowest BCUT2D eigenvalue weighted by Gasteiger charge is -2.17. The fraction of sp³-hybridized carbons (Fsp3) is 0.467. The SMILES string of the molecule is Cc1c(Br)cccc1CC(=O)NC(CC(C)C)C(=O)O. The Bertz CT molecular complexity index is 500. The maximum absolute atomic E-state index is 12.0. The zero-order valence-corrected chi connectivity index (χ0v) is 13.5. The molecule has 4 nitrogen and oxygen atoms in total. The molecule has 1 aromatic rings. The second-order valence-electron chi connectivity index (χ2n) is 5.29. The van der Waals surface area contributed by atoms with Crippen LogP contribution in [0.4, 0.5) is 0 Å². The third-order valence-electron chi connectivity index (χ3n) is 3.07. The molecule has 110 valence electrons. The smallest absolute Gasteiger partial charge is 0.326 e. The van der Waals surface area contributed by atoms with Crippen LogP contribution in [0.5, 0.6) is 0 Å². The molecule has 2 N–H and O–H groups in total. The van der Waals surface area contributed by atoms with Crippen molar-refractivity contribution in [3.8, 4) is 0 Å². The molecule has 0 aromatic heterocycles. The summed E-state index contributed by atoms with van der Waals surface area (Å²) in [4.78, 5) is 23.1. The summed E-state index contributed by atoms with van der Waals surface area (Å²) in [7, 11) is 0. The molecule has 1 unspecified atom stereocenters. The molecule has 0 aliphatic heterocycles. The molecular formula is C15H20BrNO3. The summed E-state index contributed by atoms with van der Waals surface area (Å²) in [6.45, 7) is 5.79. The van der Waals surface area contributed by atoms with Crippen molar-refractivity contribution in [1.82, 2.24) is 5.32 Å². The van der Waals surface area contributed by atoms with Gasteiger partial charge in [0.1, 0.15) is 6.04 Å². The molecule has 0 radical (unpaired) electrons. The van der Waals surface area contributed by atoms with E-state index in [4.69, 9.17) is 5.11 Å². The van der Waals surface area contributed by atoms with Gasteiger partial charge in [-0.3, -0.25) is 4.79 Å². The van der Waals surface area contributed by atoms with Crippen LogP contribution in [0.25, 0.3) is 0 Å². The molecule has 1 atom stereocenters. The van der Waals surface area contributed by atoms with Crippen LogP contribution < -0.4 is 5.32 Å². The van der Waals surface area contributed by atoms with Crippen LogP contribution in [0.1, 0.15) is 31.4 Å². The molecule has 20 heavy (non-hydrogen) atoms. The molecule has 0 saturated heterocycles. The first kappa shape index (κ1) is 16.7. The van der Waals surface area contributed by atoms with E-state index in [2.05, 4.69) is 21.2 Å². The highest BCUT2D eigenvalue weighted by atomic mass is 79.9. The zero-order chi connectivity index (χ0) is 15.3. The highest BCUT2D eigenvalue weighted by Crippen LogP contribution is 2.19. The minimum Gasteiger partial charge on any atom is -0.480 e. The first-order chi connectivity index (χ1) is 9.31. The summed E-state index contributed by atoms with van der Waals surface area (Å²) in [5.74, 6) is -1.04. The molecule has 0 heterocycles. The van der Waals surface area contributed by atoms with Crippen LogP contribution in [0, 0.1) is 12.8 Å². The summed E-state index contributed by atoms with van der Waals surface area (Å²) in [6, 6.07) is 4.82. The Balaban J connectivity index is 2.71. The number of rotatable bonds is 6. The Morgan fingerprint density at radius 3 is 2.55 bits per heavy atom. The molecular weight excluding hydrogens is 322 g/mol. The lowest BCUT2D eigenvalue weighted by atomic mass is 10.0. The fourth-order valence-electron chi connectivity index (χ4n) is 1.95. The van der Waals surface area contributed by atoms with Gasteiger partial charge in [0.25, 0.3) is 0 Å². The van der Waals surface area contributed by atoms with Crippen molar-refractivity contribution in [2.45, 2.75) is 39.7 Å². The van der Waals surface area contributed by atoms with E-state index < -0.39 is 12.0 Å². The number of carbonyl (C=O) groups excluding carboxylic acids is 1. The molecule has 0 fully saturated rings. The number of carboxylic acids is 1. The molecule has 0 aliphatic rings. The van der Waals surface area contributed by atoms with Crippen molar-refractivity contribution in [3.05, 3.63) is 33.8 Å². The van der Waals surface area contributed by atoms with Crippen molar-refractivity contribution < 1.29 is 14.7 Å². The van der Waals surface area contributed by atoms with E-state index in [0.717, 1.165) is 15.6 Å². The number of hydrogen-bond donors (Lipinski definition) is 2. The van der Waals surface area contributed by atoms with Gasteiger partial charge in [-0.05, 0) is 36.5 Å². The van der Waals surface area contributed by atoms with Crippen molar-refractivity contribution in [2.24, 2.45) is 5.92 Å². The van der Waals surface area contributed by atoms with Crippen LogP contribution in [0.2, 0.25) is 0 Å². The first-order valence-electron chi connectivity index (χ1n) is 6.57. The molecule has 5 heteroatoms. The Hall–Kier alpha value is -1.36. The Labute approximate surface area is 127 Å². The lowest BCUT2D eigenvalue weighted by Crippen LogP contribution is -2.42. The van der Waals surface area contributed by atoms with Gasteiger partial charge in [0.15, 0.2) is 0 Å². The van der Waals surface area contributed by atoms with Gasteiger partial charge in [0.05, 0.1) is 6.42 Å². The number of benzene rings is 1. The third kappa shape index (κ3) is 4.96.